The molecule has 0 saturated carbocycles. The highest BCUT2D eigenvalue weighted by Gasteiger charge is 2.12. The fourth-order valence-corrected chi connectivity index (χ4v) is 2.90. The zero-order valence-electron chi connectivity index (χ0n) is 15.2. The van der Waals surface area contributed by atoms with Gasteiger partial charge in [-0.1, -0.05) is 42.5 Å². The van der Waals surface area contributed by atoms with E-state index in [0.717, 1.165) is 0 Å². The molecule has 3 aromatic carbocycles. The quantitative estimate of drug-likeness (QED) is 0.405. The first-order valence-corrected chi connectivity index (χ1v) is 8.83. The van der Waals surface area contributed by atoms with Gasteiger partial charge in [-0.25, -0.2) is 19.8 Å². The molecule has 1 aromatic heterocycles. The molecule has 1 heterocycles. The second-order valence-corrected chi connectivity index (χ2v) is 6.23. The number of hydrogen-bond acceptors (Lipinski definition) is 5. The Bertz CT molecular complexity index is 1260. The van der Waals surface area contributed by atoms with Gasteiger partial charge < -0.3 is 5.11 Å². The number of para-hydroxylation sites is 2. The summed E-state index contributed by atoms with van der Waals surface area (Å²) in [6.45, 7) is 0. The van der Waals surface area contributed by atoms with Crippen LogP contribution in [0, 0.1) is 0 Å². The van der Waals surface area contributed by atoms with Crippen LogP contribution in [0.4, 0.5) is 5.95 Å². The minimum atomic E-state index is -0.987. The van der Waals surface area contributed by atoms with Crippen molar-refractivity contribution < 1.29 is 9.90 Å². The van der Waals surface area contributed by atoms with E-state index >= 15 is 0 Å². The van der Waals surface area contributed by atoms with E-state index in [1.807, 2.05) is 36.4 Å². The van der Waals surface area contributed by atoms with Crippen LogP contribution >= 0.6 is 0 Å². The van der Waals surface area contributed by atoms with Crippen molar-refractivity contribution in [3.8, 4) is 5.69 Å². The summed E-state index contributed by atoms with van der Waals surface area (Å²) in [5, 5.41) is 13.7. The summed E-state index contributed by atoms with van der Waals surface area (Å²) in [7, 11) is 0. The molecule has 4 aromatic rings. The van der Waals surface area contributed by atoms with Gasteiger partial charge in [0, 0.05) is 0 Å². The molecule has 0 atom stereocenters. The summed E-state index contributed by atoms with van der Waals surface area (Å²) in [5.41, 5.74) is 4.77. The normalized spacial score (nSPS) is 11.0. The number of fused-ring (bicyclic) bond motifs is 1. The molecule has 0 spiro atoms. The van der Waals surface area contributed by atoms with Crippen LogP contribution in [0.2, 0.25) is 0 Å². The van der Waals surface area contributed by atoms with Gasteiger partial charge in [0.05, 0.1) is 28.4 Å². The molecule has 0 saturated heterocycles. The number of carboxylic acid groups (broad SMARTS) is 1. The van der Waals surface area contributed by atoms with Crippen molar-refractivity contribution in [1.82, 2.24) is 9.55 Å². The van der Waals surface area contributed by atoms with Gasteiger partial charge >= 0.3 is 5.97 Å². The maximum absolute atomic E-state index is 13.1. The lowest BCUT2D eigenvalue weighted by molar-refractivity contribution is 0.0697. The third kappa shape index (κ3) is 3.74. The van der Waals surface area contributed by atoms with Gasteiger partial charge in [0.2, 0.25) is 5.95 Å². The van der Waals surface area contributed by atoms with Crippen LogP contribution in [-0.2, 0) is 0 Å². The molecule has 7 nitrogen and oxygen atoms in total. The molecule has 0 amide bonds. The molecular formula is C22H16N4O3. The number of benzene rings is 3. The lowest BCUT2D eigenvalue weighted by Crippen LogP contribution is -2.22. The number of nitrogens with zero attached hydrogens (tertiary/aromatic N) is 3. The average Bonchev–Trinajstić information content (AvgIpc) is 2.75. The number of carboxylic acids is 1. The summed E-state index contributed by atoms with van der Waals surface area (Å²) in [6, 6.07) is 22.6. The van der Waals surface area contributed by atoms with Crippen LogP contribution in [0.1, 0.15) is 15.9 Å². The van der Waals surface area contributed by atoms with Crippen molar-refractivity contribution in [2.24, 2.45) is 5.10 Å². The third-order valence-electron chi connectivity index (χ3n) is 4.33. The van der Waals surface area contributed by atoms with Gasteiger partial charge in [0.15, 0.2) is 0 Å². The summed E-state index contributed by atoms with van der Waals surface area (Å²) < 4.78 is 1.47. The van der Waals surface area contributed by atoms with Crippen molar-refractivity contribution in [3.63, 3.8) is 0 Å². The van der Waals surface area contributed by atoms with Crippen LogP contribution in [0.5, 0.6) is 0 Å². The predicted molar refractivity (Wildman–Crippen MR) is 112 cm³/mol. The Hall–Kier alpha value is -4.26. The zero-order valence-corrected chi connectivity index (χ0v) is 15.2. The topological polar surface area (TPSA) is 96.6 Å². The van der Waals surface area contributed by atoms with Gasteiger partial charge in [-0.3, -0.25) is 4.79 Å². The van der Waals surface area contributed by atoms with E-state index in [-0.39, 0.29) is 17.1 Å². The third-order valence-corrected chi connectivity index (χ3v) is 4.33. The number of aromatic nitrogens is 2. The van der Waals surface area contributed by atoms with Crippen LogP contribution in [0.25, 0.3) is 16.6 Å². The summed E-state index contributed by atoms with van der Waals surface area (Å²) >= 11 is 0. The van der Waals surface area contributed by atoms with Crippen LogP contribution in [-0.4, -0.2) is 26.8 Å². The molecule has 0 unspecified atom stereocenters. The minimum Gasteiger partial charge on any atom is -0.478 e. The highest BCUT2D eigenvalue weighted by Crippen LogP contribution is 2.16. The van der Waals surface area contributed by atoms with Gasteiger partial charge in [0.1, 0.15) is 0 Å². The molecular weight excluding hydrogens is 368 g/mol. The number of nitrogens with one attached hydrogen (secondary N) is 1. The number of rotatable bonds is 5. The van der Waals surface area contributed by atoms with Crippen LogP contribution in [0.15, 0.2) is 88.8 Å². The average molecular weight is 384 g/mol. The molecule has 142 valence electrons. The molecule has 0 aliphatic rings. The van der Waals surface area contributed by atoms with Crippen molar-refractivity contribution in [2.75, 3.05) is 5.43 Å². The fourth-order valence-electron chi connectivity index (χ4n) is 2.90. The van der Waals surface area contributed by atoms with Crippen molar-refractivity contribution in [2.45, 2.75) is 0 Å². The standard InChI is InChI=1S/C22H16N4O3/c27-20-18-8-4-5-9-19(18)24-22(26(20)17-6-2-1-3-7-17)25-23-14-15-10-12-16(13-11-15)21(28)29/h1-14H,(H,24,25)(H,28,29)/b23-14-. The molecule has 2 N–H and O–H groups in total. The summed E-state index contributed by atoms with van der Waals surface area (Å²) in [5.74, 6) is -0.711. The SMILES string of the molecule is O=C(O)c1ccc(/C=N\Nc2nc3ccccc3c(=O)n2-c2ccccc2)cc1. The molecule has 7 heteroatoms. The predicted octanol–water partition coefficient (Wildman–Crippen LogP) is 3.53. The highest BCUT2D eigenvalue weighted by atomic mass is 16.4. The fraction of sp³-hybridized carbons (Fsp3) is 0. The molecule has 29 heavy (non-hydrogen) atoms. The first-order valence-electron chi connectivity index (χ1n) is 8.83. The molecule has 0 bridgehead atoms. The first kappa shape index (κ1) is 18.1. The lowest BCUT2D eigenvalue weighted by atomic mass is 10.1. The van der Waals surface area contributed by atoms with E-state index in [1.165, 1.54) is 22.9 Å². The number of aromatic carboxylic acids is 1. The number of hydrogen-bond donors (Lipinski definition) is 2. The maximum atomic E-state index is 13.1. The van der Waals surface area contributed by atoms with Crippen molar-refractivity contribution in [1.29, 1.82) is 0 Å². The zero-order chi connectivity index (χ0) is 20.2. The Morgan fingerprint density at radius 3 is 2.38 bits per heavy atom. The van der Waals surface area contributed by atoms with E-state index in [1.54, 1.807) is 30.3 Å². The van der Waals surface area contributed by atoms with Gasteiger partial charge in [-0.2, -0.15) is 5.10 Å². The summed E-state index contributed by atoms with van der Waals surface area (Å²) in [6.07, 6.45) is 1.53. The van der Waals surface area contributed by atoms with Gasteiger partial charge in [-0.15, -0.1) is 0 Å². The second kappa shape index (κ2) is 7.77. The van der Waals surface area contributed by atoms with E-state index in [2.05, 4.69) is 15.5 Å². The number of hydrazone groups is 1. The van der Waals surface area contributed by atoms with E-state index in [9.17, 15) is 9.59 Å². The van der Waals surface area contributed by atoms with E-state index < -0.39 is 5.97 Å². The van der Waals surface area contributed by atoms with Crippen molar-refractivity contribution >= 4 is 29.0 Å². The first-order chi connectivity index (χ1) is 14.1. The smallest absolute Gasteiger partial charge is 0.335 e. The Morgan fingerprint density at radius 2 is 1.66 bits per heavy atom. The van der Waals surface area contributed by atoms with Gasteiger partial charge in [-0.05, 0) is 42.0 Å². The second-order valence-electron chi connectivity index (χ2n) is 6.23. The largest absolute Gasteiger partial charge is 0.478 e. The Morgan fingerprint density at radius 1 is 0.966 bits per heavy atom. The molecule has 0 aliphatic carbocycles. The minimum absolute atomic E-state index is 0.198. The summed E-state index contributed by atoms with van der Waals surface area (Å²) in [4.78, 5) is 28.5. The highest BCUT2D eigenvalue weighted by molar-refractivity contribution is 5.89. The van der Waals surface area contributed by atoms with Crippen LogP contribution in [0.3, 0.4) is 0 Å². The van der Waals surface area contributed by atoms with E-state index in [4.69, 9.17) is 5.11 Å². The van der Waals surface area contributed by atoms with E-state index in [0.29, 0.717) is 22.2 Å². The molecule has 4 rings (SSSR count). The monoisotopic (exact) mass is 384 g/mol. The molecule has 0 aliphatic heterocycles. The lowest BCUT2D eigenvalue weighted by Gasteiger charge is -2.12. The van der Waals surface area contributed by atoms with Crippen LogP contribution < -0.4 is 11.0 Å². The Balaban J connectivity index is 1.72. The molecule has 0 fully saturated rings. The number of anilines is 1. The number of carbonyl (C=O) groups is 1. The van der Waals surface area contributed by atoms with Crippen molar-refractivity contribution in [3.05, 3.63) is 100 Å². The maximum Gasteiger partial charge on any atom is 0.335 e. The molecule has 0 radical (unpaired) electrons. The Kier molecular flexibility index (Phi) is 4.86. The Labute approximate surface area is 165 Å². The van der Waals surface area contributed by atoms with Gasteiger partial charge in [0.25, 0.3) is 5.56 Å².